The molecule has 2 aromatic carbocycles. The predicted octanol–water partition coefficient (Wildman–Crippen LogP) is 5.31. The Morgan fingerprint density at radius 2 is 1.62 bits per heavy atom. The fourth-order valence-corrected chi connectivity index (χ4v) is 3.87. The molecule has 0 amide bonds. The number of carbonyl (C=O) groups is 2. The van der Waals surface area contributed by atoms with Gasteiger partial charge in [0.2, 0.25) is 0 Å². The molecule has 0 spiro atoms. The number of hydrogen-bond acceptors (Lipinski definition) is 5. The van der Waals surface area contributed by atoms with E-state index in [9.17, 15) is 9.59 Å². The summed E-state index contributed by atoms with van der Waals surface area (Å²) in [5, 5.41) is 0. The highest BCUT2D eigenvalue weighted by molar-refractivity contribution is 5.92. The summed E-state index contributed by atoms with van der Waals surface area (Å²) in [5.74, 6) is 0.341. The van der Waals surface area contributed by atoms with Crippen LogP contribution in [-0.4, -0.2) is 24.1 Å². The van der Waals surface area contributed by atoms with Crippen LogP contribution < -0.4 is 9.47 Å². The number of ether oxygens (including phenoxy) is 3. The zero-order chi connectivity index (χ0) is 21.2. The molecule has 29 heavy (non-hydrogen) atoms. The number of carbonyl (C=O) groups excluding carboxylic acids is 2. The van der Waals surface area contributed by atoms with Crippen LogP contribution in [0.5, 0.6) is 11.5 Å². The van der Waals surface area contributed by atoms with Crippen LogP contribution in [-0.2, 0) is 10.2 Å². The Morgan fingerprint density at radius 1 is 0.966 bits per heavy atom. The predicted molar refractivity (Wildman–Crippen MR) is 111 cm³/mol. The van der Waals surface area contributed by atoms with E-state index in [1.54, 1.807) is 30.3 Å². The van der Waals surface area contributed by atoms with Gasteiger partial charge in [0.15, 0.2) is 0 Å². The molecule has 3 rings (SSSR count). The van der Waals surface area contributed by atoms with Crippen molar-refractivity contribution in [1.29, 1.82) is 0 Å². The van der Waals surface area contributed by atoms with Gasteiger partial charge in [-0.3, -0.25) is 0 Å². The van der Waals surface area contributed by atoms with Crippen molar-refractivity contribution in [3.8, 4) is 11.5 Å². The molecule has 0 aromatic heterocycles. The van der Waals surface area contributed by atoms with Gasteiger partial charge in [-0.05, 0) is 74.6 Å². The van der Waals surface area contributed by atoms with E-state index in [1.807, 2.05) is 19.1 Å². The van der Waals surface area contributed by atoms with Gasteiger partial charge in [-0.25, -0.2) is 9.59 Å². The summed E-state index contributed by atoms with van der Waals surface area (Å²) >= 11 is 0. The quantitative estimate of drug-likeness (QED) is 0.506. The van der Waals surface area contributed by atoms with Gasteiger partial charge in [0.25, 0.3) is 0 Å². The molecular weight excluding hydrogens is 368 g/mol. The summed E-state index contributed by atoms with van der Waals surface area (Å²) in [6.45, 7) is 10.8. The molecule has 0 saturated heterocycles. The van der Waals surface area contributed by atoms with E-state index in [1.165, 1.54) is 0 Å². The number of esters is 2. The summed E-state index contributed by atoms with van der Waals surface area (Å²) in [6.07, 6.45) is 1.61. The standard InChI is InChI=1S/C24H28O5/c1-6-13-27-21(25)16-7-10-18(11-8-16)28-22(26)17-9-12-20-19(14-17)23(2,3)15-24(4,5)29-20/h7-12,14H,6,13,15H2,1-5H3. The van der Waals surface area contributed by atoms with Crippen molar-refractivity contribution in [3.05, 3.63) is 59.2 Å². The Labute approximate surface area is 172 Å². The SMILES string of the molecule is CCCOC(=O)c1ccc(OC(=O)c2ccc3c(c2)C(C)(C)CC(C)(C)O3)cc1. The van der Waals surface area contributed by atoms with Crippen LogP contribution in [0.1, 0.15) is 73.7 Å². The van der Waals surface area contributed by atoms with Crippen LogP contribution in [0.15, 0.2) is 42.5 Å². The molecule has 1 heterocycles. The molecular formula is C24H28O5. The molecule has 0 N–H and O–H groups in total. The van der Waals surface area contributed by atoms with E-state index in [-0.39, 0.29) is 17.0 Å². The zero-order valence-electron chi connectivity index (χ0n) is 17.7. The smallest absolute Gasteiger partial charge is 0.343 e. The fourth-order valence-electron chi connectivity index (χ4n) is 3.87. The van der Waals surface area contributed by atoms with Crippen molar-refractivity contribution in [3.63, 3.8) is 0 Å². The first kappa shape index (κ1) is 20.9. The molecule has 0 radical (unpaired) electrons. The summed E-state index contributed by atoms with van der Waals surface area (Å²) in [4.78, 5) is 24.5. The molecule has 2 aromatic rings. The third-order valence-corrected chi connectivity index (χ3v) is 4.94. The van der Waals surface area contributed by atoms with Gasteiger partial charge in [0, 0.05) is 5.56 Å². The molecule has 0 unspecified atom stereocenters. The molecule has 154 valence electrons. The maximum atomic E-state index is 12.6. The first-order valence-corrected chi connectivity index (χ1v) is 9.94. The normalized spacial score (nSPS) is 16.3. The van der Waals surface area contributed by atoms with Gasteiger partial charge in [-0.2, -0.15) is 0 Å². The average Bonchev–Trinajstić information content (AvgIpc) is 2.65. The highest BCUT2D eigenvalue weighted by atomic mass is 16.5. The Bertz CT molecular complexity index is 909. The molecule has 1 aliphatic heterocycles. The maximum absolute atomic E-state index is 12.6. The summed E-state index contributed by atoms with van der Waals surface area (Å²) in [6, 6.07) is 11.8. The van der Waals surface area contributed by atoms with E-state index in [0.29, 0.717) is 23.5 Å². The van der Waals surface area contributed by atoms with Gasteiger partial charge < -0.3 is 14.2 Å². The van der Waals surface area contributed by atoms with Crippen LogP contribution in [0.4, 0.5) is 0 Å². The number of hydrogen-bond donors (Lipinski definition) is 0. The van der Waals surface area contributed by atoms with Crippen molar-refractivity contribution in [2.75, 3.05) is 6.61 Å². The summed E-state index contributed by atoms with van der Waals surface area (Å²) in [5.41, 5.74) is 1.52. The van der Waals surface area contributed by atoms with E-state index >= 15 is 0 Å². The minimum Gasteiger partial charge on any atom is -0.488 e. The molecule has 1 aliphatic rings. The minimum absolute atomic E-state index is 0.117. The highest BCUT2D eigenvalue weighted by Crippen LogP contribution is 2.44. The van der Waals surface area contributed by atoms with Gasteiger partial charge in [-0.15, -0.1) is 0 Å². The highest BCUT2D eigenvalue weighted by Gasteiger charge is 2.39. The van der Waals surface area contributed by atoms with Crippen LogP contribution in [0.3, 0.4) is 0 Å². The lowest BCUT2D eigenvalue weighted by Crippen LogP contribution is -2.41. The van der Waals surface area contributed by atoms with Crippen molar-refractivity contribution < 1.29 is 23.8 Å². The number of benzene rings is 2. The maximum Gasteiger partial charge on any atom is 0.343 e. The Kier molecular flexibility index (Phi) is 5.69. The molecule has 0 saturated carbocycles. The number of rotatable bonds is 5. The fraction of sp³-hybridized carbons (Fsp3) is 0.417. The molecule has 5 heteroatoms. The second-order valence-electron chi connectivity index (χ2n) is 8.68. The van der Waals surface area contributed by atoms with E-state index in [2.05, 4.69) is 27.7 Å². The lowest BCUT2D eigenvalue weighted by Gasteiger charge is -2.42. The molecule has 0 atom stereocenters. The van der Waals surface area contributed by atoms with Crippen LogP contribution in [0.25, 0.3) is 0 Å². The monoisotopic (exact) mass is 396 g/mol. The second kappa shape index (κ2) is 7.90. The largest absolute Gasteiger partial charge is 0.488 e. The van der Waals surface area contributed by atoms with Crippen LogP contribution >= 0.6 is 0 Å². The molecule has 0 aliphatic carbocycles. The summed E-state index contributed by atoms with van der Waals surface area (Å²) in [7, 11) is 0. The van der Waals surface area contributed by atoms with Crippen LogP contribution in [0, 0.1) is 0 Å². The van der Waals surface area contributed by atoms with Gasteiger partial charge in [0.1, 0.15) is 17.1 Å². The zero-order valence-corrected chi connectivity index (χ0v) is 17.7. The topological polar surface area (TPSA) is 61.8 Å². The third-order valence-electron chi connectivity index (χ3n) is 4.94. The lowest BCUT2D eigenvalue weighted by atomic mass is 9.73. The second-order valence-corrected chi connectivity index (χ2v) is 8.68. The average molecular weight is 396 g/mol. The third kappa shape index (κ3) is 4.78. The van der Waals surface area contributed by atoms with E-state index in [0.717, 1.165) is 24.2 Å². The molecule has 5 nitrogen and oxygen atoms in total. The summed E-state index contributed by atoms with van der Waals surface area (Å²) < 4.78 is 16.7. The van der Waals surface area contributed by atoms with Gasteiger partial charge in [0.05, 0.1) is 17.7 Å². The number of fused-ring (bicyclic) bond motifs is 1. The molecule has 0 bridgehead atoms. The van der Waals surface area contributed by atoms with Crippen molar-refractivity contribution in [2.24, 2.45) is 0 Å². The van der Waals surface area contributed by atoms with Crippen molar-refractivity contribution >= 4 is 11.9 Å². The molecule has 0 fully saturated rings. The first-order chi connectivity index (χ1) is 13.6. The Hall–Kier alpha value is -2.82. The van der Waals surface area contributed by atoms with Gasteiger partial charge in [-0.1, -0.05) is 20.8 Å². The van der Waals surface area contributed by atoms with Crippen molar-refractivity contribution in [2.45, 2.75) is 58.5 Å². The first-order valence-electron chi connectivity index (χ1n) is 9.94. The van der Waals surface area contributed by atoms with E-state index in [4.69, 9.17) is 14.2 Å². The van der Waals surface area contributed by atoms with Crippen LogP contribution in [0.2, 0.25) is 0 Å². The Morgan fingerprint density at radius 3 is 2.28 bits per heavy atom. The van der Waals surface area contributed by atoms with E-state index < -0.39 is 5.97 Å². The van der Waals surface area contributed by atoms with Gasteiger partial charge >= 0.3 is 11.9 Å². The van der Waals surface area contributed by atoms with Crippen molar-refractivity contribution in [1.82, 2.24) is 0 Å². The minimum atomic E-state index is -0.449. The Balaban J connectivity index is 1.74. The lowest BCUT2D eigenvalue weighted by molar-refractivity contribution is 0.0503.